The third-order valence-corrected chi connectivity index (χ3v) is 2.64. The Morgan fingerprint density at radius 1 is 0.941 bits per heavy atom. The van der Waals surface area contributed by atoms with Crippen LogP contribution in [0.2, 0.25) is 0 Å². The summed E-state index contributed by atoms with van der Waals surface area (Å²) < 4.78 is 5.37. The molecule has 3 heteroatoms. The number of carbonyl (C=O) groups excluding carboxylic acids is 2. The normalized spacial score (nSPS) is 12.2. The lowest BCUT2D eigenvalue weighted by Gasteiger charge is -2.09. The van der Waals surface area contributed by atoms with Crippen LogP contribution in [-0.2, 0) is 14.3 Å². The molecule has 0 spiro atoms. The second-order valence-corrected chi connectivity index (χ2v) is 4.20. The van der Waals surface area contributed by atoms with E-state index in [0.717, 1.165) is 12.8 Å². The van der Waals surface area contributed by atoms with E-state index in [-0.39, 0.29) is 11.6 Å². The van der Waals surface area contributed by atoms with Crippen molar-refractivity contribution in [3.05, 3.63) is 11.1 Å². The lowest BCUT2D eigenvalue weighted by molar-refractivity contribution is -0.117. The fourth-order valence-electron chi connectivity index (χ4n) is 1.55. The molecular formula is C14H24O3. The highest BCUT2D eigenvalue weighted by Crippen LogP contribution is 2.14. The zero-order valence-electron chi connectivity index (χ0n) is 11.5. The summed E-state index contributed by atoms with van der Waals surface area (Å²) in [7, 11) is 0. The SMILES string of the molecule is CCCOCC/C(C(=O)CCC)=C(\C)C(C)=O. The number of ether oxygens (including phenoxy) is 1. The molecule has 0 saturated heterocycles. The van der Waals surface area contributed by atoms with Crippen LogP contribution in [0.25, 0.3) is 0 Å². The van der Waals surface area contributed by atoms with Crippen molar-refractivity contribution >= 4 is 11.6 Å². The van der Waals surface area contributed by atoms with Crippen molar-refractivity contribution in [2.24, 2.45) is 0 Å². The van der Waals surface area contributed by atoms with E-state index in [2.05, 4.69) is 0 Å². The first-order valence-electron chi connectivity index (χ1n) is 6.36. The number of Topliss-reactive ketones (excluding diaryl/α,β-unsaturated/α-hetero) is 2. The second-order valence-electron chi connectivity index (χ2n) is 4.20. The molecule has 0 aliphatic carbocycles. The monoisotopic (exact) mass is 240 g/mol. The van der Waals surface area contributed by atoms with Gasteiger partial charge in [-0.2, -0.15) is 0 Å². The molecule has 17 heavy (non-hydrogen) atoms. The molecule has 0 fully saturated rings. The number of ketones is 2. The maximum Gasteiger partial charge on any atom is 0.159 e. The van der Waals surface area contributed by atoms with Gasteiger partial charge in [-0.15, -0.1) is 0 Å². The second kappa shape index (κ2) is 9.11. The summed E-state index contributed by atoms with van der Waals surface area (Å²) in [5, 5.41) is 0. The van der Waals surface area contributed by atoms with E-state index in [1.165, 1.54) is 6.92 Å². The Kier molecular flexibility index (Phi) is 8.60. The van der Waals surface area contributed by atoms with Gasteiger partial charge in [-0.3, -0.25) is 9.59 Å². The van der Waals surface area contributed by atoms with Crippen LogP contribution in [0.4, 0.5) is 0 Å². The molecule has 98 valence electrons. The molecule has 0 saturated carbocycles. The molecule has 0 aromatic heterocycles. The van der Waals surface area contributed by atoms with Gasteiger partial charge in [-0.1, -0.05) is 13.8 Å². The van der Waals surface area contributed by atoms with E-state index >= 15 is 0 Å². The lowest BCUT2D eigenvalue weighted by Crippen LogP contribution is -2.11. The fourth-order valence-corrected chi connectivity index (χ4v) is 1.55. The Labute approximate surface area is 104 Å². The number of rotatable bonds is 9. The van der Waals surface area contributed by atoms with Gasteiger partial charge in [0.25, 0.3) is 0 Å². The minimum atomic E-state index is -0.0278. The Morgan fingerprint density at radius 3 is 2.06 bits per heavy atom. The lowest BCUT2D eigenvalue weighted by atomic mass is 9.97. The first kappa shape index (κ1) is 16.0. The predicted octanol–water partition coefficient (Wildman–Crippen LogP) is 3.08. The van der Waals surface area contributed by atoms with Crippen molar-refractivity contribution in [2.75, 3.05) is 13.2 Å². The highest BCUT2D eigenvalue weighted by molar-refractivity contribution is 6.05. The van der Waals surface area contributed by atoms with E-state index in [4.69, 9.17) is 4.74 Å². The Balaban J connectivity index is 4.58. The molecule has 0 amide bonds. The van der Waals surface area contributed by atoms with Crippen molar-refractivity contribution in [3.8, 4) is 0 Å². The molecule has 0 atom stereocenters. The average molecular weight is 240 g/mol. The standard InChI is InChI=1S/C14H24O3/c1-5-7-14(16)13(11(3)12(4)15)8-10-17-9-6-2/h5-10H2,1-4H3/b13-11-. The largest absolute Gasteiger partial charge is 0.381 e. The Bertz CT molecular complexity index is 290. The van der Waals surface area contributed by atoms with Crippen LogP contribution >= 0.6 is 0 Å². The summed E-state index contributed by atoms with van der Waals surface area (Å²) in [6.45, 7) is 8.45. The van der Waals surface area contributed by atoms with Gasteiger partial charge in [0.2, 0.25) is 0 Å². The van der Waals surface area contributed by atoms with Crippen LogP contribution in [0.1, 0.15) is 53.4 Å². The van der Waals surface area contributed by atoms with Gasteiger partial charge < -0.3 is 4.74 Å². The van der Waals surface area contributed by atoms with Crippen LogP contribution in [0.15, 0.2) is 11.1 Å². The molecule has 0 heterocycles. The van der Waals surface area contributed by atoms with Gasteiger partial charge in [0.1, 0.15) is 0 Å². The van der Waals surface area contributed by atoms with Crippen molar-refractivity contribution in [2.45, 2.75) is 53.4 Å². The van der Waals surface area contributed by atoms with Gasteiger partial charge in [0, 0.05) is 18.6 Å². The number of carbonyl (C=O) groups is 2. The van der Waals surface area contributed by atoms with E-state index in [1.54, 1.807) is 6.92 Å². The van der Waals surface area contributed by atoms with Crippen molar-refractivity contribution in [3.63, 3.8) is 0 Å². The highest BCUT2D eigenvalue weighted by atomic mass is 16.5. The summed E-state index contributed by atoms with van der Waals surface area (Å²) in [6.07, 6.45) is 2.83. The summed E-state index contributed by atoms with van der Waals surface area (Å²) in [5.74, 6) is 0.0558. The Hall–Kier alpha value is -0.960. The van der Waals surface area contributed by atoms with Crippen molar-refractivity contribution in [1.82, 2.24) is 0 Å². The number of allylic oxidation sites excluding steroid dienone is 1. The van der Waals surface area contributed by atoms with Crippen LogP contribution < -0.4 is 0 Å². The maximum atomic E-state index is 11.9. The van der Waals surface area contributed by atoms with Crippen molar-refractivity contribution in [1.29, 1.82) is 0 Å². The molecule has 0 aliphatic heterocycles. The molecular weight excluding hydrogens is 216 g/mol. The average Bonchev–Trinajstić information content (AvgIpc) is 2.28. The zero-order valence-corrected chi connectivity index (χ0v) is 11.5. The maximum absolute atomic E-state index is 11.9. The van der Waals surface area contributed by atoms with Gasteiger partial charge in [-0.05, 0) is 38.7 Å². The minimum Gasteiger partial charge on any atom is -0.381 e. The summed E-state index contributed by atoms with van der Waals surface area (Å²) in [4.78, 5) is 23.2. The molecule has 0 aliphatic rings. The summed E-state index contributed by atoms with van der Waals surface area (Å²) in [5.41, 5.74) is 1.24. The predicted molar refractivity (Wildman–Crippen MR) is 69.0 cm³/mol. The fraction of sp³-hybridized carbons (Fsp3) is 0.714. The quantitative estimate of drug-likeness (QED) is 0.459. The van der Waals surface area contributed by atoms with Gasteiger partial charge in [0.15, 0.2) is 11.6 Å². The molecule has 0 N–H and O–H groups in total. The highest BCUT2D eigenvalue weighted by Gasteiger charge is 2.14. The molecule has 0 aromatic carbocycles. The molecule has 0 unspecified atom stereocenters. The Morgan fingerprint density at radius 2 is 1.59 bits per heavy atom. The first-order chi connectivity index (χ1) is 8.04. The minimum absolute atomic E-state index is 0.0278. The van der Waals surface area contributed by atoms with Crippen LogP contribution in [0.3, 0.4) is 0 Å². The van der Waals surface area contributed by atoms with Crippen molar-refractivity contribution < 1.29 is 14.3 Å². The smallest absolute Gasteiger partial charge is 0.159 e. The summed E-state index contributed by atoms with van der Waals surface area (Å²) >= 11 is 0. The topological polar surface area (TPSA) is 43.4 Å². The van der Waals surface area contributed by atoms with Gasteiger partial charge in [0.05, 0.1) is 6.61 Å². The summed E-state index contributed by atoms with van der Waals surface area (Å²) in [6, 6.07) is 0. The van der Waals surface area contributed by atoms with E-state index in [0.29, 0.717) is 37.2 Å². The molecule has 0 radical (unpaired) electrons. The zero-order chi connectivity index (χ0) is 13.3. The van der Waals surface area contributed by atoms with Crippen LogP contribution in [0.5, 0.6) is 0 Å². The van der Waals surface area contributed by atoms with Gasteiger partial charge >= 0.3 is 0 Å². The van der Waals surface area contributed by atoms with Crippen LogP contribution in [0, 0.1) is 0 Å². The van der Waals surface area contributed by atoms with E-state index in [1.807, 2.05) is 13.8 Å². The molecule has 0 rings (SSSR count). The number of hydrogen-bond acceptors (Lipinski definition) is 3. The number of hydrogen-bond donors (Lipinski definition) is 0. The molecule has 0 bridgehead atoms. The van der Waals surface area contributed by atoms with E-state index < -0.39 is 0 Å². The van der Waals surface area contributed by atoms with E-state index in [9.17, 15) is 9.59 Å². The first-order valence-corrected chi connectivity index (χ1v) is 6.36. The van der Waals surface area contributed by atoms with Gasteiger partial charge in [-0.25, -0.2) is 0 Å². The third kappa shape index (κ3) is 6.37. The third-order valence-electron chi connectivity index (χ3n) is 2.64. The molecule has 0 aromatic rings. The molecule has 3 nitrogen and oxygen atoms in total. The van der Waals surface area contributed by atoms with Crippen LogP contribution in [-0.4, -0.2) is 24.8 Å².